The molecule has 0 saturated carbocycles. The fourth-order valence-electron chi connectivity index (χ4n) is 0.151. The highest BCUT2D eigenvalue weighted by atomic mass is 35.5. The molecule has 0 aliphatic heterocycles. The van der Waals surface area contributed by atoms with E-state index in [0.29, 0.717) is 0 Å². The van der Waals surface area contributed by atoms with E-state index in [-0.39, 0.29) is 23.9 Å². The van der Waals surface area contributed by atoms with Crippen LogP contribution in [0, 0.1) is 0 Å². The van der Waals surface area contributed by atoms with Crippen LogP contribution < -0.4 is 5.73 Å². The van der Waals surface area contributed by atoms with Crippen molar-refractivity contribution in [1.29, 1.82) is 0 Å². The van der Waals surface area contributed by atoms with E-state index in [2.05, 4.69) is 6.58 Å². The topological polar surface area (TPSA) is 66.2 Å². The van der Waals surface area contributed by atoms with E-state index < -0.39 is 11.1 Å². The zero-order chi connectivity index (χ0) is 5.86. The molecule has 0 saturated heterocycles. The highest BCUT2D eigenvalue weighted by Crippen LogP contribution is 1.78. The van der Waals surface area contributed by atoms with E-state index in [1.54, 1.807) is 0 Å². The third-order valence-corrected chi connectivity index (χ3v) is 0.910. The molecule has 0 aliphatic carbocycles. The molecule has 0 aliphatic rings. The van der Waals surface area contributed by atoms with Gasteiger partial charge in [-0.25, -0.2) is 0 Å². The number of hydrogen-bond acceptors (Lipinski definition) is 3. The van der Waals surface area contributed by atoms with Crippen molar-refractivity contribution in [3.63, 3.8) is 0 Å². The van der Waals surface area contributed by atoms with Crippen LogP contribution in [0.25, 0.3) is 0 Å². The number of hydrogen-bond donors (Lipinski definition) is 1. The predicted octanol–water partition coefficient (Wildman–Crippen LogP) is -0.240. The molecule has 0 aromatic rings. The summed E-state index contributed by atoms with van der Waals surface area (Å²) in [5, 5.41) is 0. The number of halogens is 1. The maximum absolute atomic E-state index is 9.67. The van der Waals surface area contributed by atoms with Gasteiger partial charge in [0.2, 0.25) is 0 Å². The first-order valence-electron chi connectivity index (χ1n) is 1.62. The molecule has 0 aromatic carbocycles. The van der Waals surface area contributed by atoms with Gasteiger partial charge in [-0.05, 0) is 11.1 Å². The van der Waals surface area contributed by atoms with Gasteiger partial charge in [0.15, 0.2) is 0 Å². The van der Waals surface area contributed by atoms with E-state index >= 15 is 0 Å². The van der Waals surface area contributed by atoms with E-state index in [1.807, 2.05) is 0 Å². The average Bonchev–Trinajstić information content (AvgIpc) is 1.27. The Morgan fingerprint density at radius 3 is 2.25 bits per heavy atom. The smallest absolute Gasteiger partial charge is 0.0493 e. The van der Waals surface area contributed by atoms with Crippen molar-refractivity contribution in [3.8, 4) is 0 Å². The summed E-state index contributed by atoms with van der Waals surface area (Å²) in [5.41, 5.74) is 5.08. The summed E-state index contributed by atoms with van der Waals surface area (Å²) in [6.07, 6.45) is 0. The summed E-state index contributed by atoms with van der Waals surface area (Å²) in [7, 11) is 0. The molecule has 0 aromatic heterocycles. The van der Waals surface area contributed by atoms with Gasteiger partial charge in [0.1, 0.15) is 0 Å². The van der Waals surface area contributed by atoms with Gasteiger partial charge in [0, 0.05) is 11.4 Å². The molecule has 1 unspecified atom stereocenters. The highest BCUT2D eigenvalue weighted by molar-refractivity contribution is 7.79. The normalized spacial score (nSPS) is 11.6. The Morgan fingerprint density at radius 1 is 1.88 bits per heavy atom. The van der Waals surface area contributed by atoms with Crippen molar-refractivity contribution in [3.05, 3.63) is 12.3 Å². The van der Waals surface area contributed by atoms with Gasteiger partial charge < -0.3 is 10.3 Å². The van der Waals surface area contributed by atoms with Crippen LogP contribution >= 0.6 is 12.4 Å². The maximum Gasteiger partial charge on any atom is 0.0493 e. The third kappa shape index (κ3) is 9.34. The second kappa shape index (κ2) is 5.08. The standard InChI is InChI=1S/C3H7NO2S.ClH/c1-3(4)2-7(5)6;/h1-2,4H2,(H,5,6);1H/p-1. The molecule has 0 heterocycles. The summed E-state index contributed by atoms with van der Waals surface area (Å²) in [4.78, 5) is 0. The summed E-state index contributed by atoms with van der Waals surface area (Å²) >= 11 is -2.07. The lowest BCUT2D eigenvalue weighted by atomic mass is 10.6. The van der Waals surface area contributed by atoms with Crippen LogP contribution in [0.3, 0.4) is 0 Å². The van der Waals surface area contributed by atoms with Crippen LogP contribution in [0.2, 0.25) is 0 Å². The van der Waals surface area contributed by atoms with Crippen LogP contribution in [-0.2, 0) is 11.1 Å². The lowest BCUT2D eigenvalue weighted by Gasteiger charge is -2.00. The van der Waals surface area contributed by atoms with Gasteiger partial charge in [-0.1, -0.05) is 6.58 Å². The molecule has 1 atom stereocenters. The summed E-state index contributed by atoms with van der Waals surface area (Å²) in [6, 6.07) is 0. The van der Waals surface area contributed by atoms with E-state index in [0.717, 1.165) is 0 Å². The monoisotopic (exact) mass is 156 g/mol. The molecule has 3 nitrogen and oxygen atoms in total. The van der Waals surface area contributed by atoms with E-state index in [4.69, 9.17) is 5.73 Å². The molecule has 0 amide bonds. The highest BCUT2D eigenvalue weighted by Gasteiger charge is 1.80. The first kappa shape index (κ1) is 10.8. The van der Waals surface area contributed by atoms with Crippen LogP contribution in [0.15, 0.2) is 12.3 Å². The van der Waals surface area contributed by atoms with Crippen LogP contribution in [0.1, 0.15) is 0 Å². The largest absolute Gasteiger partial charge is 0.772 e. The van der Waals surface area contributed by atoms with Gasteiger partial charge in [0.25, 0.3) is 0 Å². The van der Waals surface area contributed by atoms with Gasteiger partial charge in [-0.3, -0.25) is 4.21 Å². The predicted molar refractivity (Wildman–Crippen MR) is 34.4 cm³/mol. The third-order valence-electron chi connectivity index (χ3n) is 0.303. The molecule has 8 heavy (non-hydrogen) atoms. The molecular formula is C3H7ClNO2S-. The Bertz CT molecular complexity index is 93.5. The number of rotatable bonds is 2. The molecule has 0 bridgehead atoms. The van der Waals surface area contributed by atoms with Gasteiger partial charge >= 0.3 is 0 Å². The summed E-state index contributed by atoms with van der Waals surface area (Å²) in [6.45, 7) is 3.18. The molecular weight excluding hydrogens is 150 g/mol. The Morgan fingerprint density at radius 2 is 2.25 bits per heavy atom. The SMILES string of the molecule is C=C(N)CS(=O)[O-].Cl. The maximum atomic E-state index is 9.67. The van der Waals surface area contributed by atoms with E-state index in [9.17, 15) is 8.76 Å². The van der Waals surface area contributed by atoms with Crippen molar-refractivity contribution < 1.29 is 8.76 Å². The zero-order valence-electron chi connectivity index (χ0n) is 4.12. The van der Waals surface area contributed by atoms with E-state index in [1.165, 1.54) is 0 Å². The second-order valence-corrected chi connectivity index (χ2v) is 2.00. The van der Waals surface area contributed by atoms with Gasteiger partial charge in [-0.2, -0.15) is 0 Å². The molecule has 0 rings (SSSR count). The van der Waals surface area contributed by atoms with Crippen LogP contribution in [0.5, 0.6) is 0 Å². The van der Waals surface area contributed by atoms with Crippen molar-refractivity contribution in [1.82, 2.24) is 0 Å². The van der Waals surface area contributed by atoms with Crippen molar-refractivity contribution in [2.24, 2.45) is 5.73 Å². The second-order valence-electron chi connectivity index (χ2n) is 1.11. The zero-order valence-corrected chi connectivity index (χ0v) is 5.76. The minimum Gasteiger partial charge on any atom is -0.772 e. The molecule has 2 N–H and O–H groups in total. The van der Waals surface area contributed by atoms with Gasteiger partial charge in [-0.15, -0.1) is 12.4 Å². The lowest BCUT2D eigenvalue weighted by Crippen LogP contribution is -2.05. The first-order valence-corrected chi connectivity index (χ1v) is 2.86. The minimum atomic E-state index is -2.07. The Kier molecular flexibility index (Phi) is 6.89. The van der Waals surface area contributed by atoms with Crippen LogP contribution in [0.4, 0.5) is 0 Å². The Labute approximate surface area is 56.7 Å². The quantitative estimate of drug-likeness (QED) is 0.562. The van der Waals surface area contributed by atoms with Crippen LogP contribution in [-0.4, -0.2) is 14.5 Å². The van der Waals surface area contributed by atoms with Crippen molar-refractivity contribution >= 4 is 23.5 Å². The molecule has 50 valence electrons. The molecule has 0 spiro atoms. The summed E-state index contributed by atoms with van der Waals surface area (Å²) < 4.78 is 19.3. The Hall–Kier alpha value is -0.0600. The minimum absolute atomic E-state index is 0. The first-order chi connectivity index (χ1) is 3.13. The lowest BCUT2D eigenvalue weighted by molar-refractivity contribution is 0.539. The molecule has 0 fully saturated rings. The number of nitrogens with two attached hydrogens (primary N) is 1. The Balaban J connectivity index is 0. The van der Waals surface area contributed by atoms with Gasteiger partial charge in [0.05, 0.1) is 0 Å². The average molecular weight is 157 g/mol. The van der Waals surface area contributed by atoms with Crippen molar-refractivity contribution in [2.75, 3.05) is 5.75 Å². The summed E-state index contributed by atoms with van der Waals surface area (Å²) in [5.74, 6) is -0.139. The van der Waals surface area contributed by atoms with Crippen molar-refractivity contribution in [2.45, 2.75) is 0 Å². The fourth-order valence-corrected chi connectivity index (χ4v) is 0.454. The fraction of sp³-hybridized carbons (Fsp3) is 0.333. The molecule has 0 radical (unpaired) electrons. The molecule has 5 heteroatoms.